The molecule has 1 aromatic carbocycles. The number of rotatable bonds is 5. The largest absolute Gasteiger partial charge is 0.496 e. The Morgan fingerprint density at radius 1 is 1.24 bits per heavy atom. The number of hydrogen-bond donors (Lipinski definition) is 1. The summed E-state index contributed by atoms with van der Waals surface area (Å²) in [6.45, 7) is 9.21. The molecule has 0 aliphatic carbocycles. The minimum absolute atomic E-state index is 0.364. The number of nitrogens with one attached hydrogen (secondary N) is 1. The number of methoxy groups -OCH3 is 1. The molecule has 1 aliphatic rings. The summed E-state index contributed by atoms with van der Waals surface area (Å²) in [5, 5.41) is 3.77. The molecule has 1 atom stereocenters. The van der Waals surface area contributed by atoms with Gasteiger partial charge in [0.05, 0.1) is 11.6 Å². The van der Waals surface area contributed by atoms with Crippen LogP contribution in [0.25, 0.3) is 0 Å². The van der Waals surface area contributed by atoms with Gasteiger partial charge < -0.3 is 15.0 Å². The Bertz CT molecular complexity index is 456. The van der Waals surface area contributed by atoms with Gasteiger partial charge in [0.15, 0.2) is 0 Å². The Balaban J connectivity index is 1.90. The van der Waals surface area contributed by atoms with E-state index in [1.807, 2.05) is 6.07 Å². The summed E-state index contributed by atoms with van der Waals surface area (Å²) >= 11 is 3.57. The minimum atomic E-state index is 0.364. The summed E-state index contributed by atoms with van der Waals surface area (Å²) in [5.74, 6) is 0.885. The maximum atomic E-state index is 5.29. The van der Waals surface area contributed by atoms with E-state index in [0.717, 1.165) is 10.2 Å². The van der Waals surface area contributed by atoms with Crippen molar-refractivity contribution < 1.29 is 4.74 Å². The fourth-order valence-corrected chi connectivity index (χ4v) is 3.54. The molecule has 1 fully saturated rings. The third-order valence-corrected chi connectivity index (χ3v) is 5.04. The first-order valence-electron chi connectivity index (χ1n) is 7.84. The topological polar surface area (TPSA) is 24.5 Å². The highest BCUT2D eigenvalue weighted by molar-refractivity contribution is 9.10. The molecule has 1 saturated heterocycles. The lowest BCUT2D eigenvalue weighted by Crippen LogP contribution is -2.45. The minimum Gasteiger partial charge on any atom is -0.496 e. The van der Waals surface area contributed by atoms with Crippen molar-refractivity contribution in [3.8, 4) is 5.75 Å². The third-order valence-electron chi connectivity index (χ3n) is 4.42. The first-order chi connectivity index (χ1) is 10.0. The molecule has 1 heterocycles. The predicted molar refractivity (Wildman–Crippen MR) is 92.0 cm³/mol. The van der Waals surface area contributed by atoms with Gasteiger partial charge >= 0.3 is 0 Å². The molecule has 0 radical (unpaired) electrons. The van der Waals surface area contributed by atoms with Gasteiger partial charge in [-0.1, -0.05) is 6.07 Å². The molecule has 21 heavy (non-hydrogen) atoms. The van der Waals surface area contributed by atoms with Gasteiger partial charge in [0.1, 0.15) is 5.75 Å². The van der Waals surface area contributed by atoms with E-state index >= 15 is 0 Å². The molecule has 0 bridgehead atoms. The highest BCUT2D eigenvalue weighted by Crippen LogP contribution is 2.28. The second-order valence-electron chi connectivity index (χ2n) is 6.19. The zero-order chi connectivity index (χ0) is 15.4. The summed E-state index contributed by atoms with van der Waals surface area (Å²) in [4.78, 5) is 2.56. The highest BCUT2D eigenvalue weighted by atomic mass is 79.9. The first kappa shape index (κ1) is 16.8. The van der Waals surface area contributed by atoms with Crippen LogP contribution in [0.2, 0.25) is 0 Å². The van der Waals surface area contributed by atoms with Crippen molar-refractivity contribution in [1.29, 1.82) is 0 Å². The van der Waals surface area contributed by atoms with Crippen LogP contribution < -0.4 is 10.1 Å². The molecular formula is C17H27BrN2O. The summed E-state index contributed by atoms with van der Waals surface area (Å²) in [6, 6.07) is 7.98. The van der Waals surface area contributed by atoms with Gasteiger partial charge in [-0.2, -0.15) is 0 Å². The van der Waals surface area contributed by atoms with Crippen LogP contribution in [0, 0.1) is 0 Å². The average molecular weight is 355 g/mol. The molecule has 3 nitrogen and oxygen atoms in total. The van der Waals surface area contributed by atoms with Gasteiger partial charge in [0.25, 0.3) is 0 Å². The highest BCUT2D eigenvalue weighted by Gasteiger charge is 2.22. The lowest BCUT2D eigenvalue weighted by molar-refractivity contribution is 0.157. The molecule has 0 spiro atoms. The lowest BCUT2D eigenvalue weighted by atomic mass is 10.0. The summed E-state index contributed by atoms with van der Waals surface area (Å²) in [6.07, 6.45) is 2.47. The Hall–Kier alpha value is -0.580. The van der Waals surface area contributed by atoms with Crippen molar-refractivity contribution in [2.24, 2.45) is 0 Å². The van der Waals surface area contributed by atoms with Crippen molar-refractivity contribution in [3.05, 3.63) is 28.2 Å². The van der Waals surface area contributed by atoms with E-state index in [-0.39, 0.29) is 0 Å². The molecule has 0 saturated carbocycles. The standard InChI is InChI=1S/C17H27BrN2O/c1-12(2)20-9-7-15(8-10-20)19-13(3)14-5-6-17(21-4)16(18)11-14/h5-6,11-13,15,19H,7-10H2,1-4H3. The summed E-state index contributed by atoms with van der Waals surface area (Å²) < 4.78 is 6.31. The molecule has 4 heteroatoms. The van der Waals surface area contributed by atoms with Gasteiger partial charge in [-0.25, -0.2) is 0 Å². The Morgan fingerprint density at radius 2 is 1.90 bits per heavy atom. The van der Waals surface area contributed by atoms with Crippen LogP contribution in [-0.2, 0) is 0 Å². The number of ether oxygens (including phenoxy) is 1. The van der Waals surface area contributed by atoms with E-state index in [0.29, 0.717) is 18.1 Å². The molecule has 2 rings (SSSR count). The molecule has 0 aromatic heterocycles. The van der Waals surface area contributed by atoms with E-state index in [9.17, 15) is 0 Å². The van der Waals surface area contributed by atoms with E-state index in [1.54, 1.807) is 7.11 Å². The molecule has 1 N–H and O–H groups in total. The maximum Gasteiger partial charge on any atom is 0.133 e. The van der Waals surface area contributed by atoms with E-state index in [1.165, 1.54) is 31.5 Å². The average Bonchev–Trinajstić information content (AvgIpc) is 2.47. The zero-order valence-electron chi connectivity index (χ0n) is 13.5. The van der Waals surface area contributed by atoms with Crippen LogP contribution >= 0.6 is 15.9 Å². The number of benzene rings is 1. The first-order valence-corrected chi connectivity index (χ1v) is 8.64. The van der Waals surface area contributed by atoms with E-state index < -0.39 is 0 Å². The fraction of sp³-hybridized carbons (Fsp3) is 0.647. The second kappa shape index (κ2) is 7.61. The summed E-state index contributed by atoms with van der Waals surface area (Å²) in [7, 11) is 1.70. The van der Waals surface area contributed by atoms with Crippen LogP contribution in [0.1, 0.15) is 45.2 Å². The Labute approximate surface area is 137 Å². The quantitative estimate of drug-likeness (QED) is 0.865. The SMILES string of the molecule is COc1ccc(C(C)NC2CCN(C(C)C)CC2)cc1Br. The third kappa shape index (κ3) is 4.44. The summed E-state index contributed by atoms with van der Waals surface area (Å²) in [5.41, 5.74) is 1.30. The second-order valence-corrected chi connectivity index (χ2v) is 7.04. The number of hydrogen-bond acceptors (Lipinski definition) is 3. The van der Waals surface area contributed by atoms with Crippen LogP contribution in [0.15, 0.2) is 22.7 Å². The van der Waals surface area contributed by atoms with Gasteiger partial charge in [-0.05, 0) is 80.3 Å². The molecule has 1 aromatic rings. The van der Waals surface area contributed by atoms with Gasteiger partial charge in [-0.3, -0.25) is 0 Å². The van der Waals surface area contributed by atoms with E-state index in [2.05, 4.69) is 59.1 Å². The van der Waals surface area contributed by atoms with Crippen LogP contribution in [0.3, 0.4) is 0 Å². The Kier molecular flexibility index (Phi) is 6.08. The number of nitrogens with zero attached hydrogens (tertiary/aromatic N) is 1. The smallest absolute Gasteiger partial charge is 0.133 e. The Morgan fingerprint density at radius 3 is 2.43 bits per heavy atom. The van der Waals surface area contributed by atoms with Crippen molar-refractivity contribution in [1.82, 2.24) is 10.2 Å². The molecule has 1 unspecified atom stereocenters. The van der Waals surface area contributed by atoms with Crippen molar-refractivity contribution in [2.45, 2.75) is 51.7 Å². The lowest BCUT2D eigenvalue weighted by Gasteiger charge is -2.36. The molecule has 118 valence electrons. The van der Waals surface area contributed by atoms with Crippen LogP contribution in [0.4, 0.5) is 0 Å². The normalized spacial score (nSPS) is 19.0. The fourth-order valence-electron chi connectivity index (χ4n) is 2.98. The van der Waals surface area contributed by atoms with Crippen LogP contribution in [-0.4, -0.2) is 37.2 Å². The van der Waals surface area contributed by atoms with Gasteiger partial charge in [0, 0.05) is 18.1 Å². The zero-order valence-corrected chi connectivity index (χ0v) is 15.1. The monoisotopic (exact) mass is 354 g/mol. The van der Waals surface area contributed by atoms with Crippen molar-refractivity contribution >= 4 is 15.9 Å². The van der Waals surface area contributed by atoms with Crippen molar-refractivity contribution in [3.63, 3.8) is 0 Å². The number of likely N-dealkylation sites (tertiary alicyclic amines) is 1. The number of piperidine rings is 1. The van der Waals surface area contributed by atoms with Crippen molar-refractivity contribution in [2.75, 3.05) is 20.2 Å². The van der Waals surface area contributed by atoms with Gasteiger partial charge in [-0.15, -0.1) is 0 Å². The van der Waals surface area contributed by atoms with E-state index in [4.69, 9.17) is 4.74 Å². The molecule has 1 aliphatic heterocycles. The van der Waals surface area contributed by atoms with Gasteiger partial charge in [0.2, 0.25) is 0 Å². The molecular weight excluding hydrogens is 328 g/mol. The number of halogens is 1. The predicted octanol–water partition coefficient (Wildman–Crippen LogP) is 3.98. The molecule has 0 amide bonds. The van der Waals surface area contributed by atoms with Crippen LogP contribution in [0.5, 0.6) is 5.75 Å². The maximum absolute atomic E-state index is 5.29.